The Morgan fingerprint density at radius 1 is 0.968 bits per heavy atom. The SMILES string of the molecule is CN=C(NCCNC(=O)Cc1cccc(F)c1)NCCc1ccc(S(C)(=O)=O)cc1.I. The number of rotatable bonds is 9. The third kappa shape index (κ3) is 10.1. The summed E-state index contributed by atoms with van der Waals surface area (Å²) in [4.78, 5) is 16.3. The predicted octanol–water partition coefficient (Wildman–Crippen LogP) is 1.91. The number of benzene rings is 2. The molecule has 0 unspecified atom stereocenters. The second-order valence-corrected chi connectivity index (χ2v) is 8.76. The summed E-state index contributed by atoms with van der Waals surface area (Å²) in [7, 11) is -1.54. The third-order valence-electron chi connectivity index (χ3n) is 4.27. The fourth-order valence-corrected chi connectivity index (χ4v) is 3.36. The van der Waals surface area contributed by atoms with Crippen LogP contribution in [0.25, 0.3) is 0 Å². The molecule has 170 valence electrons. The molecule has 2 rings (SSSR count). The van der Waals surface area contributed by atoms with Crippen molar-refractivity contribution < 1.29 is 17.6 Å². The summed E-state index contributed by atoms with van der Waals surface area (Å²) in [5.74, 6) is 0.0632. The minimum Gasteiger partial charge on any atom is -0.356 e. The van der Waals surface area contributed by atoms with E-state index < -0.39 is 9.84 Å². The average molecular weight is 562 g/mol. The van der Waals surface area contributed by atoms with E-state index in [0.717, 1.165) is 5.56 Å². The van der Waals surface area contributed by atoms with Gasteiger partial charge in [-0.1, -0.05) is 24.3 Å². The Bertz CT molecular complexity index is 982. The van der Waals surface area contributed by atoms with Crippen molar-refractivity contribution in [3.8, 4) is 0 Å². The Balaban J connectivity index is 0.00000480. The van der Waals surface area contributed by atoms with Crippen LogP contribution >= 0.6 is 24.0 Å². The largest absolute Gasteiger partial charge is 0.356 e. The van der Waals surface area contributed by atoms with Crippen molar-refractivity contribution in [3.05, 3.63) is 65.5 Å². The van der Waals surface area contributed by atoms with E-state index in [2.05, 4.69) is 20.9 Å². The van der Waals surface area contributed by atoms with Crippen molar-refractivity contribution in [1.82, 2.24) is 16.0 Å². The first-order chi connectivity index (χ1) is 14.3. The summed E-state index contributed by atoms with van der Waals surface area (Å²) in [6.07, 6.45) is 2.01. The first-order valence-electron chi connectivity index (χ1n) is 9.52. The number of guanidine groups is 1. The lowest BCUT2D eigenvalue weighted by Crippen LogP contribution is -2.42. The number of hydrogen-bond donors (Lipinski definition) is 3. The lowest BCUT2D eigenvalue weighted by molar-refractivity contribution is -0.120. The third-order valence-corrected chi connectivity index (χ3v) is 5.40. The lowest BCUT2D eigenvalue weighted by Gasteiger charge is -2.12. The average Bonchev–Trinajstić information content (AvgIpc) is 2.69. The maximum Gasteiger partial charge on any atom is 0.224 e. The molecule has 0 saturated carbocycles. The standard InChI is InChI=1S/C21H27FN4O3S.HI/c1-23-21(25-11-10-16-6-8-19(9-7-16)30(2,28)29)26-13-12-24-20(27)15-17-4-3-5-18(22)14-17;/h3-9,14H,10-13,15H2,1-2H3,(H,24,27)(H2,23,25,26);1H. The zero-order valence-electron chi connectivity index (χ0n) is 17.5. The van der Waals surface area contributed by atoms with E-state index in [0.29, 0.717) is 42.5 Å². The molecular weight excluding hydrogens is 534 g/mol. The maximum absolute atomic E-state index is 13.1. The molecule has 2 aromatic carbocycles. The van der Waals surface area contributed by atoms with Crippen molar-refractivity contribution in [2.75, 3.05) is 32.9 Å². The first kappa shape index (κ1) is 26.8. The van der Waals surface area contributed by atoms with Crippen LogP contribution in [0.3, 0.4) is 0 Å². The molecule has 3 N–H and O–H groups in total. The number of nitrogens with zero attached hydrogens (tertiary/aromatic N) is 1. The molecule has 1 amide bonds. The summed E-state index contributed by atoms with van der Waals surface area (Å²) in [6, 6.07) is 12.8. The summed E-state index contributed by atoms with van der Waals surface area (Å²) in [5.41, 5.74) is 1.64. The molecule has 31 heavy (non-hydrogen) atoms. The van der Waals surface area contributed by atoms with E-state index in [1.54, 1.807) is 43.4 Å². The number of carbonyl (C=O) groups excluding carboxylic acids is 1. The van der Waals surface area contributed by atoms with Gasteiger partial charge in [0, 0.05) is 32.9 Å². The van der Waals surface area contributed by atoms with Gasteiger partial charge in [0.25, 0.3) is 0 Å². The van der Waals surface area contributed by atoms with Crippen LogP contribution in [0.15, 0.2) is 58.4 Å². The van der Waals surface area contributed by atoms with E-state index in [-0.39, 0.29) is 42.1 Å². The first-order valence-corrected chi connectivity index (χ1v) is 11.4. The highest BCUT2D eigenvalue weighted by atomic mass is 127. The van der Waals surface area contributed by atoms with Gasteiger partial charge in [0.05, 0.1) is 11.3 Å². The molecule has 0 aliphatic heterocycles. The summed E-state index contributed by atoms with van der Waals surface area (Å²) in [6.45, 7) is 1.50. The molecule has 0 spiro atoms. The van der Waals surface area contributed by atoms with Gasteiger partial charge in [-0.05, 0) is 41.8 Å². The Morgan fingerprint density at radius 2 is 1.61 bits per heavy atom. The van der Waals surface area contributed by atoms with Gasteiger partial charge in [0.15, 0.2) is 15.8 Å². The van der Waals surface area contributed by atoms with Crippen LogP contribution in [0, 0.1) is 5.82 Å². The highest BCUT2D eigenvalue weighted by Gasteiger charge is 2.06. The van der Waals surface area contributed by atoms with Gasteiger partial charge in [0.2, 0.25) is 5.91 Å². The van der Waals surface area contributed by atoms with Crippen LogP contribution in [0.2, 0.25) is 0 Å². The number of nitrogens with one attached hydrogen (secondary N) is 3. The molecule has 0 radical (unpaired) electrons. The summed E-state index contributed by atoms with van der Waals surface area (Å²) in [5, 5.41) is 9.03. The number of hydrogen-bond acceptors (Lipinski definition) is 4. The number of halogens is 2. The van der Waals surface area contributed by atoms with Gasteiger partial charge < -0.3 is 16.0 Å². The van der Waals surface area contributed by atoms with E-state index in [9.17, 15) is 17.6 Å². The molecular formula is C21H28FIN4O3S. The number of carbonyl (C=O) groups is 1. The van der Waals surface area contributed by atoms with Gasteiger partial charge in [-0.25, -0.2) is 12.8 Å². The zero-order valence-corrected chi connectivity index (χ0v) is 20.7. The maximum atomic E-state index is 13.1. The number of amides is 1. The number of aliphatic imine (C=N–C) groups is 1. The normalized spacial score (nSPS) is 11.4. The summed E-state index contributed by atoms with van der Waals surface area (Å²) >= 11 is 0. The Morgan fingerprint density at radius 3 is 2.23 bits per heavy atom. The smallest absolute Gasteiger partial charge is 0.224 e. The van der Waals surface area contributed by atoms with Crippen molar-refractivity contribution in [2.45, 2.75) is 17.7 Å². The topological polar surface area (TPSA) is 99.7 Å². The minimum absolute atomic E-state index is 0. The molecule has 0 heterocycles. The molecule has 0 saturated heterocycles. The van der Waals surface area contributed by atoms with Crippen LogP contribution < -0.4 is 16.0 Å². The molecule has 2 aromatic rings. The van der Waals surface area contributed by atoms with E-state index in [1.165, 1.54) is 18.4 Å². The number of sulfone groups is 1. The van der Waals surface area contributed by atoms with Crippen LogP contribution in [-0.4, -0.2) is 53.2 Å². The Labute approximate surface area is 199 Å². The summed E-state index contributed by atoms with van der Waals surface area (Å²) < 4.78 is 36.1. The highest BCUT2D eigenvalue weighted by molar-refractivity contribution is 14.0. The second-order valence-electron chi connectivity index (χ2n) is 6.75. The van der Waals surface area contributed by atoms with Crippen LogP contribution in [0.4, 0.5) is 4.39 Å². The Hall–Kier alpha value is -2.21. The van der Waals surface area contributed by atoms with E-state index in [4.69, 9.17) is 0 Å². The van der Waals surface area contributed by atoms with Gasteiger partial charge in [-0.2, -0.15) is 0 Å². The van der Waals surface area contributed by atoms with Crippen molar-refractivity contribution in [1.29, 1.82) is 0 Å². The zero-order chi connectivity index (χ0) is 22.0. The lowest BCUT2D eigenvalue weighted by atomic mass is 10.1. The molecule has 0 aliphatic rings. The van der Waals surface area contributed by atoms with Crippen LogP contribution in [0.1, 0.15) is 11.1 Å². The van der Waals surface area contributed by atoms with Gasteiger partial charge in [-0.3, -0.25) is 9.79 Å². The quantitative estimate of drug-likeness (QED) is 0.188. The van der Waals surface area contributed by atoms with Crippen molar-refractivity contribution in [2.24, 2.45) is 4.99 Å². The molecule has 0 aliphatic carbocycles. The molecule has 0 bridgehead atoms. The van der Waals surface area contributed by atoms with Crippen molar-refractivity contribution >= 4 is 45.7 Å². The minimum atomic E-state index is -3.19. The Kier molecular flexibility index (Phi) is 11.5. The van der Waals surface area contributed by atoms with Gasteiger partial charge >= 0.3 is 0 Å². The fourth-order valence-electron chi connectivity index (χ4n) is 2.73. The molecule has 0 aromatic heterocycles. The second kappa shape index (κ2) is 13.3. The monoisotopic (exact) mass is 562 g/mol. The van der Waals surface area contributed by atoms with Gasteiger partial charge in [-0.15, -0.1) is 24.0 Å². The van der Waals surface area contributed by atoms with E-state index in [1.807, 2.05) is 0 Å². The van der Waals surface area contributed by atoms with Crippen LogP contribution in [0.5, 0.6) is 0 Å². The predicted molar refractivity (Wildman–Crippen MR) is 131 cm³/mol. The highest BCUT2D eigenvalue weighted by Crippen LogP contribution is 2.10. The molecule has 0 atom stereocenters. The molecule has 7 nitrogen and oxygen atoms in total. The molecule has 10 heteroatoms. The van der Waals surface area contributed by atoms with Gasteiger partial charge in [0.1, 0.15) is 5.82 Å². The molecule has 0 fully saturated rings. The fraction of sp³-hybridized carbons (Fsp3) is 0.333. The van der Waals surface area contributed by atoms with Crippen molar-refractivity contribution in [3.63, 3.8) is 0 Å². The van der Waals surface area contributed by atoms with Crippen LogP contribution in [-0.2, 0) is 27.5 Å². The van der Waals surface area contributed by atoms with E-state index >= 15 is 0 Å².